The minimum Gasteiger partial charge on any atom is -0.376 e. The van der Waals surface area contributed by atoms with E-state index in [0.717, 1.165) is 19.4 Å². The standard InChI is InChI=1S/C15H18N4O3S/c20-19(21)14-8-2-1-5-12(14)6-3-9-17-18-15(23)16-11-13-7-4-10-22-13/h1-3,5-6,8-9,13H,4,7,10-11H2,(H2,16,18,23)/b6-3+,17-9-/t13-/m0/s1. The molecule has 1 fully saturated rings. The minimum atomic E-state index is -0.417. The molecule has 1 atom stereocenters. The third-order valence-electron chi connectivity index (χ3n) is 3.25. The van der Waals surface area contributed by atoms with Crippen LogP contribution in [0.25, 0.3) is 6.08 Å². The number of hydrogen-bond donors (Lipinski definition) is 2. The second-order valence-corrected chi connectivity index (χ2v) is 5.32. The Morgan fingerprint density at radius 1 is 1.52 bits per heavy atom. The molecule has 0 unspecified atom stereocenters. The summed E-state index contributed by atoms with van der Waals surface area (Å²) in [6.45, 7) is 1.47. The molecule has 23 heavy (non-hydrogen) atoms. The molecule has 0 aliphatic carbocycles. The van der Waals surface area contributed by atoms with Gasteiger partial charge in [0.2, 0.25) is 0 Å². The number of nitrogens with one attached hydrogen (secondary N) is 2. The van der Waals surface area contributed by atoms with Gasteiger partial charge in [-0.2, -0.15) is 5.10 Å². The van der Waals surface area contributed by atoms with Gasteiger partial charge in [-0.15, -0.1) is 0 Å². The summed E-state index contributed by atoms with van der Waals surface area (Å²) in [6, 6.07) is 6.50. The van der Waals surface area contributed by atoms with Crippen molar-refractivity contribution in [1.82, 2.24) is 10.7 Å². The first-order valence-electron chi connectivity index (χ1n) is 7.25. The van der Waals surface area contributed by atoms with Crippen molar-refractivity contribution in [2.75, 3.05) is 13.2 Å². The van der Waals surface area contributed by atoms with Gasteiger partial charge in [-0.1, -0.05) is 12.1 Å². The lowest BCUT2D eigenvalue weighted by atomic mass is 10.2. The number of ether oxygens (including phenoxy) is 1. The topological polar surface area (TPSA) is 88.8 Å². The summed E-state index contributed by atoms with van der Waals surface area (Å²) < 4.78 is 5.47. The second kappa shape index (κ2) is 8.96. The van der Waals surface area contributed by atoms with E-state index >= 15 is 0 Å². The predicted molar refractivity (Wildman–Crippen MR) is 93.3 cm³/mol. The van der Waals surface area contributed by atoms with Crippen LogP contribution in [0.1, 0.15) is 18.4 Å². The summed E-state index contributed by atoms with van der Waals surface area (Å²) >= 11 is 5.08. The molecule has 1 heterocycles. The number of hydrazone groups is 1. The van der Waals surface area contributed by atoms with Crippen LogP contribution in [0, 0.1) is 10.1 Å². The number of nitro groups is 1. The second-order valence-electron chi connectivity index (χ2n) is 4.91. The summed E-state index contributed by atoms with van der Waals surface area (Å²) in [6.07, 6.45) is 7.04. The largest absolute Gasteiger partial charge is 0.376 e. The molecule has 1 saturated heterocycles. The number of rotatable bonds is 6. The van der Waals surface area contributed by atoms with E-state index in [0.29, 0.717) is 17.2 Å². The van der Waals surface area contributed by atoms with Crippen LogP contribution >= 0.6 is 12.2 Å². The highest BCUT2D eigenvalue weighted by molar-refractivity contribution is 7.80. The molecule has 7 nitrogen and oxygen atoms in total. The molecular formula is C15H18N4O3S. The Morgan fingerprint density at radius 2 is 2.35 bits per heavy atom. The van der Waals surface area contributed by atoms with Crippen LogP contribution in [0.4, 0.5) is 5.69 Å². The fourth-order valence-electron chi connectivity index (χ4n) is 2.13. The van der Waals surface area contributed by atoms with Crippen molar-refractivity contribution in [2.45, 2.75) is 18.9 Å². The number of para-hydroxylation sites is 1. The van der Waals surface area contributed by atoms with E-state index in [-0.39, 0.29) is 11.8 Å². The molecule has 0 saturated carbocycles. The fraction of sp³-hybridized carbons (Fsp3) is 0.333. The van der Waals surface area contributed by atoms with Crippen LogP contribution in [0.5, 0.6) is 0 Å². The van der Waals surface area contributed by atoms with Crippen molar-refractivity contribution in [3.05, 3.63) is 46.0 Å². The van der Waals surface area contributed by atoms with Gasteiger partial charge in [0.05, 0.1) is 16.6 Å². The van der Waals surface area contributed by atoms with E-state index in [2.05, 4.69) is 15.8 Å². The molecule has 0 aromatic heterocycles. The van der Waals surface area contributed by atoms with E-state index in [9.17, 15) is 10.1 Å². The molecule has 1 aromatic rings. The molecule has 2 rings (SSSR count). The number of benzene rings is 1. The lowest BCUT2D eigenvalue weighted by molar-refractivity contribution is -0.385. The SMILES string of the molecule is O=[N+]([O-])c1ccccc1/C=C/C=N\NC(=S)NC[C@@H]1CCCO1. The van der Waals surface area contributed by atoms with E-state index in [4.69, 9.17) is 17.0 Å². The zero-order valence-electron chi connectivity index (χ0n) is 12.5. The number of nitrogens with zero attached hydrogens (tertiary/aromatic N) is 2. The number of allylic oxidation sites excluding steroid dienone is 1. The molecule has 122 valence electrons. The number of nitro benzene ring substituents is 1. The number of hydrogen-bond acceptors (Lipinski definition) is 5. The van der Waals surface area contributed by atoms with Gasteiger partial charge in [-0.3, -0.25) is 15.5 Å². The smallest absolute Gasteiger partial charge is 0.276 e. The van der Waals surface area contributed by atoms with Crippen molar-refractivity contribution in [2.24, 2.45) is 5.10 Å². The first-order valence-corrected chi connectivity index (χ1v) is 7.66. The minimum absolute atomic E-state index is 0.0545. The van der Waals surface area contributed by atoms with Crippen LogP contribution in [0.2, 0.25) is 0 Å². The van der Waals surface area contributed by atoms with Crippen molar-refractivity contribution in [3.8, 4) is 0 Å². The van der Waals surface area contributed by atoms with E-state index in [1.807, 2.05) is 0 Å². The van der Waals surface area contributed by atoms with Gasteiger partial charge in [0.15, 0.2) is 5.11 Å². The molecule has 0 bridgehead atoms. The molecule has 1 aliphatic rings. The van der Waals surface area contributed by atoms with E-state index < -0.39 is 4.92 Å². The highest BCUT2D eigenvalue weighted by Gasteiger charge is 2.14. The van der Waals surface area contributed by atoms with Crippen molar-refractivity contribution in [3.63, 3.8) is 0 Å². The Labute approximate surface area is 139 Å². The van der Waals surface area contributed by atoms with Crippen LogP contribution in [-0.4, -0.2) is 35.5 Å². The summed E-state index contributed by atoms with van der Waals surface area (Å²) in [5, 5.41) is 18.2. The third-order valence-corrected chi connectivity index (χ3v) is 3.49. The maximum Gasteiger partial charge on any atom is 0.276 e. The van der Waals surface area contributed by atoms with Crippen LogP contribution < -0.4 is 10.7 Å². The lowest BCUT2D eigenvalue weighted by Crippen LogP contribution is -2.37. The van der Waals surface area contributed by atoms with E-state index in [1.54, 1.807) is 30.4 Å². The first kappa shape index (κ1) is 17.0. The van der Waals surface area contributed by atoms with Crippen molar-refractivity contribution < 1.29 is 9.66 Å². The predicted octanol–water partition coefficient (Wildman–Crippen LogP) is 2.24. The maximum absolute atomic E-state index is 10.9. The number of thiocarbonyl (C=S) groups is 1. The summed E-state index contributed by atoms with van der Waals surface area (Å²) in [5.74, 6) is 0. The summed E-state index contributed by atoms with van der Waals surface area (Å²) in [5.41, 5.74) is 3.25. The Bertz CT molecular complexity index is 612. The van der Waals surface area contributed by atoms with Crippen LogP contribution in [-0.2, 0) is 4.74 Å². The highest BCUT2D eigenvalue weighted by atomic mass is 32.1. The Hall–Kier alpha value is -2.32. The molecule has 0 radical (unpaired) electrons. The van der Waals surface area contributed by atoms with Gasteiger partial charge in [0, 0.05) is 25.4 Å². The zero-order chi connectivity index (χ0) is 16.5. The average Bonchev–Trinajstić information content (AvgIpc) is 3.06. The molecule has 0 amide bonds. The first-order chi connectivity index (χ1) is 11.2. The molecule has 8 heteroatoms. The summed E-state index contributed by atoms with van der Waals surface area (Å²) in [4.78, 5) is 10.5. The maximum atomic E-state index is 10.9. The monoisotopic (exact) mass is 334 g/mol. The Morgan fingerprint density at radius 3 is 3.09 bits per heavy atom. The van der Waals surface area contributed by atoms with Crippen LogP contribution in [0.15, 0.2) is 35.4 Å². The average molecular weight is 334 g/mol. The molecule has 2 N–H and O–H groups in total. The molecule has 1 aromatic carbocycles. The van der Waals surface area contributed by atoms with Crippen molar-refractivity contribution in [1.29, 1.82) is 0 Å². The van der Waals surface area contributed by atoms with E-state index in [1.165, 1.54) is 12.3 Å². The van der Waals surface area contributed by atoms with Gasteiger partial charge >= 0.3 is 0 Å². The molecule has 0 spiro atoms. The van der Waals surface area contributed by atoms with Gasteiger partial charge in [0.25, 0.3) is 5.69 Å². The van der Waals surface area contributed by atoms with Gasteiger partial charge in [-0.05, 0) is 43.3 Å². The highest BCUT2D eigenvalue weighted by Crippen LogP contribution is 2.18. The van der Waals surface area contributed by atoms with Gasteiger partial charge in [-0.25, -0.2) is 0 Å². The summed E-state index contributed by atoms with van der Waals surface area (Å²) in [7, 11) is 0. The van der Waals surface area contributed by atoms with Crippen molar-refractivity contribution >= 4 is 35.3 Å². The quantitative estimate of drug-likeness (QED) is 0.359. The Balaban J connectivity index is 1.75. The fourth-order valence-corrected chi connectivity index (χ4v) is 2.27. The van der Waals surface area contributed by atoms with Crippen LogP contribution in [0.3, 0.4) is 0 Å². The zero-order valence-corrected chi connectivity index (χ0v) is 13.3. The lowest BCUT2D eigenvalue weighted by Gasteiger charge is -2.11. The normalized spacial score (nSPS) is 17.7. The van der Waals surface area contributed by atoms with Gasteiger partial charge in [0.1, 0.15) is 0 Å². The Kier molecular flexibility index (Phi) is 6.64. The molecular weight excluding hydrogens is 316 g/mol. The van der Waals surface area contributed by atoms with Gasteiger partial charge < -0.3 is 10.1 Å². The third kappa shape index (κ3) is 5.76. The molecule has 1 aliphatic heterocycles.